The lowest BCUT2D eigenvalue weighted by Gasteiger charge is -2.17. The fraction of sp³-hybridized carbons (Fsp3) is 0.294. The maximum atomic E-state index is 13.4. The first-order chi connectivity index (χ1) is 9.63. The highest BCUT2D eigenvalue weighted by molar-refractivity contribution is 5.36. The number of aryl methyl sites for hydroxylation is 1. The van der Waals surface area contributed by atoms with Crippen LogP contribution in [0.2, 0.25) is 0 Å². The lowest BCUT2D eigenvalue weighted by Crippen LogP contribution is -2.15. The predicted molar refractivity (Wildman–Crippen MR) is 79.6 cm³/mol. The second-order valence-electron chi connectivity index (χ2n) is 5.00. The van der Waals surface area contributed by atoms with E-state index in [1.54, 1.807) is 13.2 Å². The molecule has 0 bridgehead atoms. The molecule has 0 amide bonds. The molecule has 20 heavy (non-hydrogen) atoms. The molecule has 1 unspecified atom stereocenters. The highest BCUT2D eigenvalue weighted by Gasteiger charge is 2.14. The highest BCUT2D eigenvalue weighted by Crippen LogP contribution is 2.27. The molecule has 0 aliphatic heterocycles. The molecule has 1 atom stereocenters. The van der Waals surface area contributed by atoms with Crippen LogP contribution in [0.5, 0.6) is 5.75 Å². The average Bonchev–Trinajstić information content (AvgIpc) is 2.46. The van der Waals surface area contributed by atoms with Gasteiger partial charge in [-0.3, -0.25) is 0 Å². The van der Waals surface area contributed by atoms with Gasteiger partial charge in [0.25, 0.3) is 0 Å². The summed E-state index contributed by atoms with van der Waals surface area (Å²) < 4.78 is 18.7. The zero-order valence-corrected chi connectivity index (χ0v) is 11.9. The molecule has 0 spiro atoms. The van der Waals surface area contributed by atoms with Gasteiger partial charge in [0, 0.05) is 5.92 Å². The summed E-state index contributed by atoms with van der Waals surface area (Å²) in [7, 11) is 1.60. The van der Waals surface area contributed by atoms with Gasteiger partial charge in [0.05, 0.1) is 7.11 Å². The van der Waals surface area contributed by atoms with Crippen LogP contribution in [0, 0.1) is 12.7 Å². The van der Waals surface area contributed by atoms with Crippen molar-refractivity contribution >= 4 is 0 Å². The van der Waals surface area contributed by atoms with Crippen molar-refractivity contribution in [3.8, 4) is 5.75 Å². The van der Waals surface area contributed by atoms with E-state index in [0.29, 0.717) is 18.7 Å². The van der Waals surface area contributed by atoms with Gasteiger partial charge in [0.15, 0.2) is 0 Å². The predicted octanol–water partition coefficient (Wildman–Crippen LogP) is 3.43. The van der Waals surface area contributed by atoms with Crippen LogP contribution in [0.3, 0.4) is 0 Å². The molecule has 2 N–H and O–H groups in total. The van der Waals surface area contributed by atoms with Gasteiger partial charge in [-0.15, -0.1) is 0 Å². The summed E-state index contributed by atoms with van der Waals surface area (Å²) in [6.07, 6.45) is 0.667. The second-order valence-corrected chi connectivity index (χ2v) is 5.00. The third-order valence-electron chi connectivity index (χ3n) is 3.54. The van der Waals surface area contributed by atoms with Gasteiger partial charge < -0.3 is 10.5 Å². The van der Waals surface area contributed by atoms with Crippen molar-refractivity contribution in [2.75, 3.05) is 13.7 Å². The van der Waals surface area contributed by atoms with Crippen LogP contribution >= 0.6 is 0 Å². The van der Waals surface area contributed by atoms with Crippen molar-refractivity contribution in [2.45, 2.75) is 19.3 Å². The van der Waals surface area contributed by atoms with Gasteiger partial charge >= 0.3 is 0 Å². The van der Waals surface area contributed by atoms with Crippen molar-refractivity contribution in [1.82, 2.24) is 0 Å². The SMILES string of the molecule is COc1ccc(F)cc1CC(CN)c1ccc(C)cc1. The summed E-state index contributed by atoms with van der Waals surface area (Å²) >= 11 is 0. The van der Waals surface area contributed by atoms with Crippen LogP contribution in [0.25, 0.3) is 0 Å². The van der Waals surface area contributed by atoms with Crippen molar-refractivity contribution in [3.63, 3.8) is 0 Å². The van der Waals surface area contributed by atoms with Crippen LogP contribution < -0.4 is 10.5 Å². The second kappa shape index (κ2) is 6.53. The van der Waals surface area contributed by atoms with Gasteiger partial charge in [-0.05, 0) is 49.2 Å². The molecule has 0 fully saturated rings. The number of ether oxygens (including phenoxy) is 1. The van der Waals surface area contributed by atoms with E-state index in [4.69, 9.17) is 10.5 Å². The smallest absolute Gasteiger partial charge is 0.123 e. The summed E-state index contributed by atoms with van der Waals surface area (Å²) in [6, 6.07) is 12.9. The Labute approximate surface area is 119 Å². The van der Waals surface area contributed by atoms with E-state index in [9.17, 15) is 4.39 Å². The molecule has 0 radical (unpaired) electrons. The Hall–Kier alpha value is -1.87. The Morgan fingerprint density at radius 1 is 1.15 bits per heavy atom. The minimum Gasteiger partial charge on any atom is -0.496 e. The Balaban J connectivity index is 2.26. The van der Waals surface area contributed by atoms with Gasteiger partial charge in [0.1, 0.15) is 11.6 Å². The molecule has 106 valence electrons. The molecule has 0 aliphatic rings. The fourth-order valence-corrected chi connectivity index (χ4v) is 2.35. The number of halogens is 1. The molecule has 0 aliphatic carbocycles. The molecule has 2 aromatic carbocycles. The van der Waals surface area contributed by atoms with E-state index in [1.807, 2.05) is 0 Å². The van der Waals surface area contributed by atoms with Crippen LogP contribution in [0.4, 0.5) is 4.39 Å². The largest absolute Gasteiger partial charge is 0.496 e. The quantitative estimate of drug-likeness (QED) is 0.906. The van der Waals surface area contributed by atoms with Crippen LogP contribution in [0.1, 0.15) is 22.6 Å². The number of hydrogen-bond acceptors (Lipinski definition) is 2. The molecular weight excluding hydrogens is 253 g/mol. The summed E-state index contributed by atoms with van der Waals surface area (Å²) in [5.41, 5.74) is 9.12. The van der Waals surface area contributed by atoms with Crippen molar-refractivity contribution < 1.29 is 9.13 Å². The van der Waals surface area contributed by atoms with E-state index in [0.717, 1.165) is 5.56 Å². The lowest BCUT2D eigenvalue weighted by molar-refractivity contribution is 0.406. The van der Waals surface area contributed by atoms with Crippen LogP contribution in [-0.2, 0) is 6.42 Å². The average molecular weight is 273 g/mol. The van der Waals surface area contributed by atoms with Gasteiger partial charge in [-0.2, -0.15) is 0 Å². The molecule has 0 saturated carbocycles. The topological polar surface area (TPSA) is 35.2 Å². The number of rotatable bonds is 5. The molecule has 2 nitrogen and oxygen atoms in total. The molecule has 0 aromatic heterocycles. The Bertz CT molecular complexity index is 566. The van der Waals surface area contributed by atoms with Crippen molar-refractivity contribution in [1.29, 1.82) is 0 Å². The normalized spacial score (nSPS) is 12.2. The first-order valence-electron chi connectivity index (χ1n) is 6.73. The first-order valence-corrected chi connectivity index (χ1v) is 6.73. The van der Waals surface area contributed by atoms with Crippen molar-refractivity contribution in [2.24, 2.45) is 5.73 Å². The minimum atomic E-state index is -0.250. The molecule has 0 heterocycles. The third kappa shape index (κ3) is 3.36. The zero-order chi connectivity index (χ0) is 14.5. The van der Waals surface area contributed by atoms with E-state index < -0.39 is 0 Å². The van der Waals surface area contributed by atoms with Crippen LogP contribution in [-0.4, -0.2) is 13.7 Å². The summed E-state index contributed by atoms with van der Waals surface area (Å²) in [5, 5.41) is 0. The molecule has 3 heteroatoms. The highest BCUT2D eigenvalue weighted by atomic mass is 19.1. The molecule has 2 aromatic rings. The van der Waals surface area contributed by atoms with Gasteiger partial charge in [0.2, 0.25) is 0 Å². The summed E-state index contributed by atoms with van der Waals surface area (Å²) in [6.45, 7) is 2.57. The Morgan fingerprint density at radius 3 is 2.45 bits per heavy atom. The Kier molecular flexibility index (Phi) is 4.74. The summed E-state index contributed by atoms with van der Waals surface area (Å²) in [5.74, 6) is 0.615. The Morgan fingerprint density at radius 2 is 1.85 bits per heavy atom. The van der Waals surface area contributed by atoms with E-state index in [-0.39, 0.29) is 11.7 Å². The van der Waals surface area contributed by atoms with Gasteiger partial charge in [-0.25, -0.2) is 4.39 Å². The third-order valence-corrected chi connectivity index (χ3v) is 3.54. The van der Waals surface area contributed by atoms with E-state index >= 15 is 0 Å². The maximum absolute atomic E-state index is 13.4. The maximum Gasteiger partial charge on any atom is 0.123 e. The zero-order valence-electron chi connectivity index (χ0n) is 11.9. The number of methoxy groups -OCH3 is 1. The fourth-order valence-electron chi connectivity index (χ4n) is 2.35. The molecular formula is C17H20FNO. The van der Waals surface area contributed by atoms with Crippen molar-refractivity contribution in [3.05, 3.63) is 65.0 Å². The summed E-state index contributed by atoms with van der Waals surface area (Å²) in [4.78, 5) is 0. The van der Waals surface area contributed by atoms with Crippen LogP contribution in [0.15, 0.2) is 42.5 Å². The standard InChI is InChI=1S/C17H20FNO/c1-12-3-5-13(6-4-12)15(11-19)9-14-10-16(18)7-8-17(14)20-2/h3-8,10,15H,9,11,19H2,1-2H3. The van der Waals surface area contributed by atoms with E-state index in [2.05, 4.69) is 31.2 Å². The first kappa shape index (κ1) is 14.5. The van der Waals surface area contributed by atoms with Gasteiger partial charge in [-0.1, -0.05) is 29.8 Å². The monoisotopic (exact) mass is 273 g/mol. The minimum absolute atomic E-state index is 0.159. The number of benzene rings is 2. The molecule has 2 rings (SSSR count). The van der Waals surface area contributed by atoms with E-state index in [1.165, 1.54) is 23.3 Å². The number of nitrogens with two attached hydrogens (primary N) is 1. The molecule has 0 saturated heterocycles. The number of hydrogen-bond donors (Lipinski definition) is 1. The lowest BCUT2D eigenvalue weighted by atomic mass is 9.91.